The van der Waals surface area contributed by atoms with Crippen LogP contribution in [0, 0.1) is 0 Å². The Morgan fingerprint density at radius 2 is 1.89 bits per heavy atom. The van der Waals surface area contributed by atoms with Crippen molar-refractivity contribution in [3.8, 4) is 5.88 Å². The summed E-state index contributed by atoms with van der Waals surface area (Å²) in [6, 6.07) is 6.69. The first-order valence-electron chi connectivity index (χ1n) is 8.76. The number of hydrogen-bond acceptors (Lipinski definition) is 7. The number of carbonyl (C=O) groups is 1. The summed E-state index contributed by atoms with van der Waals surface area (Å²) in [5.74, 6) is -0.0586. The third-order valence-corrected chi connectivity index (χ3v) is 5.56. The Labute approximate surface area is 157 Å². The Morgan fingerprint density at radius 1 is 1.22 bits per heavy atom. The lowest BCUT2D eigenvalue weighted by Gasteiger charge is -2.28. The highest BCUT2D eigenvalue weighted by atomic mass is 32.2. The minimum atomic E-state index is -3.68. The van der Waals surface area contributed by atoms with E-state index in [1.165, 1.54) is 12.1 Å². The maximum Gasteiger partial charge on any atom is 0.362 e. The maximum atomic E-state index is 11.8. The van der Waals surface area contributed by atoms with E-state index >= 15 is 0 Å². The molecule has 3 N–H and O–H groups in total. The van der Waals surface area contributed by atoms with Gasteiger partial charge in [-0.3, -0.25) is 0 Å². The van der Waals surface area contributed by atoms with E-state index in [1.54, 1.807) is 6.92 Å². The zero-order chi connectivity index (χ0) is 19.4. The van der Waals surface area contributed by atoms with Crippen LogP contribution in [0.1, 0.15) is 54.6 Å². The van der Waals surface area contributed by atoms with Gasteiger partial charge in [-0.05, 0) is 56.2 Å². The van der Waals surface area contributed by atoms with Gasteiger partial charge in [0.1, 0.15) is 6.10 Å². The molecule has 10 heteroatoms. The third-order valence-electron chi connectivity index (χ3n) is 4.63. The Bertz CT molecular complexity index is 886. The number of H-pyrrole nitrogens is 1. The number of ether oxygens (including phenoxy) is 2. The summed E-state index contributed by atoms with van der Waals surface area (Å²) < 4.78 is 33.5. The van der Waals surface area contributed by atoms with Gasteiger partial charge in [-0.2, -0.15) is 0 Å². The van der Waals surface area contributed by atoms with Crippen LogP contribution in [0.15, 0.2) is 29.2 Å². The second-order valence-electron chi connectivity index (χ2n) is 6.42. The average Bonchev–Trinajstić information content (AvgIpc) is 3.10. The molecule has 1 aliphatic rings. The highest BCUT2D eigenvalue weighted by molar-refractivity contribution is 7.89. The number of nitrogens with one attached hydrogen (secondary N) is 1. The minimum absolute atomic E-state index is 0.0665. The van der Waals surface area contributed by atoms with E-state index in [0.29, 0.717) is 5.92 Å². The van der Waals surface area contributed by atoms with Crippen LogP contribution in [0.3, 0.4) is 0 Å². The number of nitrogens with two attached hydrogens (primary N) is 1. The minimum Gasteiger partial charge on any atom is -0.472 e. The summed E-state index contributed by atoms with van der Waals surface area (Å²) in [7, 11) is -3.68. The lowest BCUT2D eigenvalue weighted by atomic mass is 9.83. The number of rotatable bonds is 6. The zero-order valence-electron chi connectivity index (χ0n) is 14.9. The number of hydrogen-bond donors (Lipinski definition) is 2. The van der Waals surface area contributed by atoms with Crippen molar-refractivity contribution in [3.63, 3.8) is 0 Å². The van der Waals surface area contributed by atoms with E-state index in [4.69, 9.17) is 14.6 Å². The summed E-state index contributed by atoms with van der Waals surface area (Å²) in [5, 5.41) is 15.1. The molecule has 3 rings (SSSR count). The number of primary sulfonamides is 1. The molecule has 27 heavy (non-hydrogen) atoms. The van der Waals surface area contributed by atoms with Crippen molar-refractivity contribution in [3.05, 3.63) is 35.5 Å². The molecule has 0 amide bonds. The summed E-state index contributed by atoms with van der Waals surface area (Å²) in [6.45, 7) is 1.98. The van der Waals surface area contributed by atoms with Gasteiger partial charge in [0.05, 0.1) is 11.5 Å². The van der Waals surface area contributed by atoms with Gasteiger partial charge in [-0.15, -0.1) is 0 Å². The molecule has 1 aliphatic carbocycles. The number of carbonyl (C=O) groups excluding carboxylic acids is 1. The lowest BCUT2D eigenvalue weighted by Crippen LogP contribution is -2.24. The standard InChI is InChI=1S/C17H22N4O5S/c1-2-25-17(22)15-16(20-21-19-15)26-13-7-3-11(4-8-13)12-5-9-14(10-6-12)27(18,23)24/h5-6,9-11,13H,2-4,7-8H2,1H3,(H2,18,23,24)(H,19,20,21)/t11-,13-. The molecule has 0 bridgehead atoms. The molecule has 1 saturated carbocycles. The van der Waals surface area contributed by atoms with Crippen LogP contribution in [0.2, 0.25) is 0 Å². The average molecular weight is 394 g/mol. The predicted octanol–water partition coefficient (Wildman–Crippen LogP) is 1.73. The third kappa shape index (κ3) is 4.64. The van der Waals surface area contributed by atoms with E-state index in [1.807, 2.05) is 12.1 Å². The number of nitrogens with zero attached hydrogens (tertiary/aromatic N) is 2. The highest BCUT2D eigenvalue weighted by Crippen LogP contribution is 2.34. The fraction of sp³-hybridized carbons (Fsp3) is 0.471. The van der Waals surface area contributed by atoms with E-state index in [0.717, 1.165) is 31.2 Å². The number of aromatic nitrogens is 3. The van der Waals surface area contributed by atoms with Gasteiger partial charge in [0, 0.05) is 0 Å². The SMILES string of the molecule is CCOC(=O)c1[nH]nnc1O[C@H]1CC[C@H](c2ccc(S(N)(=O)=O)cc2)CC1. The number of esters is 1. The molecule has 0 spiro atoms. The van der Waals surface area contributed by atoms with Gasteiger partial charge in [0.15, 0.2) is 0 Å². The normalized spacial score (nSPS) is 20.2. The molecule has 0 radical (unpaired) electrons. The van der Waals surface area contributed by atoms with Crippen LogP contribution in [0.4, 0.5) is 0 Å². The molecule has 0 unspecified atom stereocenters. The first-order valence-corrected chi connectivity index (χ1v) is 10.3. The monoisotopic (exact) mass is 394 g/mol. The Balaban J connectivity index is 1.58. The Morgan fingerprint density at radius 3 is 2.48 bits per heavy atom. The van der Waals surface area contributed by atoms with Gasteiger partial charge in [0.2, 0.25) is 15.7 Å². The summed E-state index contributed by atoms with van der Waals surface area (Å²) in [5.41, 5.74) is 1.20. The lowest BCUT2D eigenvalue weighted by molar-refractivity contribution is 0.0508. The quantitative estimate of drug-likeness (QED) is 0.712. The molecule has 0 atom stereocenters. The second kappa shape index (κ2) is 8.05. The predicted molar refractivity (Wildman–Crippen MR) is 95.8 cm³/mol. The summed E-state index contributed by atoms with van der Waals surface area (Å²) in [6.07, 6.45) is 3.27. The van der Waals surface area contributed by atoms with Crippen molar-refractivity contribution >= 4 is 16.0 Å². The molecular formula is C17H22N4O5S. The first kappa shape index (κ1) is 19.3. The first-order chi connectivity index (χ1) is 12.9. The maximum absolute atomic E-state index is 11.8. The van der Waals surface area contributed by atoms with Gasteiger partial charge in [-0.25, -0.2) is 23.4 Å². The van der Waals surface area contributed by atoms with Crippen molar-refractivity contribution in [2.24, 2.45) is 5.14 Å². The fourth-order valence-electron chi connectivity index (χ4n) is 3.24. The van der Waals surface area contributed by atoms with Crippen LogP contribution >= 0.6 is 0 Å². The van der Waals surface area contributed by atoms with Gasteiger partial charge in [-0.1, -0.05) is 22.4 Å². The van der Waals surface area contributed by atoms with Crippen molar-refractivity contribution in [2.75, 3.05) is 6.61 Å². The van der Waals surface area contributed by atoms with E-state index in [-0.39, 0.29) is 29.2 Å². The van der Waals surface area contributed by atoms with Crippen LogP contribution in [-0.2, 0) is 14.8 Å². The van der Waals surface area contributed by atoms with Crippen LogP contribution in [-0.4, -0.2) is 42.5 Å². The smallest absolute Gasteiger partial charge is 0.362 e. The summed E-state index contributed by atoms with van der Waals surface area (Å²) >= 11 is 0. The van der Waals surface area contributed by atoms with Crippen molar-refractivity contribution in [1.82, 2.24) is 15.4 Å². The topological polar surface area (TPSA) is 137 Å². The van der Waals surface area contributed by atoms with E-state index in [2.05, 4.69) is 15.4 Å². The fourth-order valence-corrected chi connectivity index (χ4v) is 3.75. The van der Waals surface area contributed by atoms with E-state index in [9.17, 15) is 13.2 Å². The molecular weight excluding hydrogens is 372 g/mol. The molecule has 0 aliphatic heterocycles. The molecule has 0 saturated heterocycles. The second-order valence-corrected chi connectivity index (χ2v) is 7.98. The van der Waals surface area contributed by atoms with Gasteiger partial charge >= 0.3 is 5.97 Å². The number of sulfonamides is 1. The Hall–Kier alpha value is -2.46. The van der Waals surface area contributed by atoms with Crippen LogP contribution in [0.25, 0.3) is 0 Å². The largest absolute Gasteiger partial charge is 0.472 e. The van der Waals surface area contributed by atoms with Gasteiger partial charge < -0.3 is 9.47 Å². The number of aromatic amines is 1. The van der Waals surface area contributed by atoms with Crippen molar-refractivity contribution < 1.29 is 22.7 Å². The van der Waals surface area contributed by atoms with Gasteiger partial charge in [0.25, 0.3) is 5.88 Å². The molecule has 1 fully saturated rings. The molecule has 9 nitrogen and oxygen atoms in total. The van der Waals surface area contributed by atoms with E-state index < -0.39 is 16.0 Å². The number of benzene rings is 1. The zero-order valence-corrected chi connectivity index (χ0v) is 15.7. The molecule has 146 valence electrons. The molecule has 1 aromatic carbocycles. The van der Waals surface area contributed by atoms with Crippen LogP contribution < -0.4 is 9.88 Å². The molecule has 1 aromatic heterocycles. The van der Waals surface area contributed by atoms with Crippen LogP contribution in [0.5, 0.6) is 5.88 Å². The van der Waals surface area contributed by atoms with Crippen molar-refractivity contribution in [2.45, 2.75) is 49.5 Å². The van der Waals surface area contributed by atoms with Crippen molar-refractivity contribution in [1.29, 1.82) is 0 Å². The molecule has 2 aromatic rings. The summed E-state index contributed by atoms with van der Waals surface area (Å²) in [4.78, 5) is 12.0. The Kier molecular flexibility index (Phi) is 5.76. The highest BCUT2D eigenvalue weighted by Gasteiger charge is 2.27. The molecule has 1 heterocycles.